The second kappa shape index (κ2) is 4.76. The Morgan fingerprint density at radius 2 is 2.25 bits per heavy atom. The van der Waals surface area contributed by atoms with Crippen molar-refractivity contribution in [2.75, 3.05) is 25.1 Å². The van der Waals surface area contributed by atoms with Gasteiger partial charge in [-0.25, -0.2) is 9.97 Å². The topological polar surface area (TPSA) is 67.3 Å². The van der Waals surface area contributed by atoms with Crippen molar-refractivity contribution in [3.05, 3.63) is 18.0 Å². The molecule has 16 heavy (non-hydrogen) atoms. The third-order valence-electron chi connectivity index (χ3n) is 2.92. The van der Waals surface area contributed by atoms with Gasteiger partial charge >= 0.3 is 0 Å². The molecule has 1 saturated heterocycles. The molecule has 1 aliphatic rings. The molecule has 0 radical (unpaired) electrons. The number of aliphatic hydroxyl groups is 1. The normalized spacial score (nSPS) is 19.4. The second-order valence-electron chi connectivity index (χ2n) is 4.20. The quantitative estimate of drug-likeness (QED) is 0.791. The number of aryl methyl sites for hydroxylation is 1. The van der Waals surface area contributed by atoms with Gasteiger partial charge in [-0.05, 0) is 25.8 Å². The van der Waals surface area contributed by atoms with E-state index in [2.05, 4.69) is 15.3 Å². The molecule has 0 aromatic carbocycles. The maximum absolute atomic E-state index is 9.50. The SMILES string of the molecule is Cc1ccnc(NC2(CO)CCOCC2)n1. The molecule has 1 aliphatic heterocycles. The van der Waals surface area contributed by atoms with Crippen molar-refractivity contribution in [1.82, 2.24) is 9.97 Å². The predicted molar refractivity (Wildman–Crippen MR) is 60.3 cm³/mol. The molecule has 0 atom stereocenters. The summed E-state index contributed by atoms with van der Waals surface area (Å²) >= 11 is 0. The van der Waals surface area contributed by atoms with Crippen LogP contribution in [-0.4, -0.2) is 40.4 Å². The lowest BCUT2D eigenvalue weighted by Crippen LogP contribution is -2.47. The zero-order valence-electron chi connectivity index (χ0n) is 9.44. The first kappa shape index (κ1) is 11.3. The van der Waals surface area contributed by atoms with Gasteiger partial charge in [-0.2, -0.15) is 0 Å². The Morgan fingerprint density at radius 1 is 1.50 bits per heavy atom. The van der Waals surface area contributed by atoms with Crippen molar-refractivity contribution in [1.29, 1.82) is 0 Å². The molecule has 5 nitrogen and oxygen atoms in total. The summed E-state index contributed by atoms with van der Waals surface area (Å²) in [4.78, 5) is 8.44. The molecule has 5 heteroatoms. The van der Waals surface area contributed by atoms with Crippen molar-refractivity contribution in [2.45, 2.75) is 25.3 Å². The highest BCUT2D eigenvalue weighted by atomic mass is 16.5. The van der Waals surface area contributed by atoms with Crippen LogP contribution in [-0.2, 0) is 4.74 Å². The molecule has 0 aliphatic carbocycles. The Labute approximate surface area is 94.9 Å². The average Bonchev–Trinajstić information content (AvgIpc) is 2.30. The third kappa shape index (κ3) is 2.48. The van der Waals surface area contributed by atoms with Crippen LogP contribution in [0.25, 0.3) is 0 Å². The van der Waals surface area contributed by atoms with E-state index in [1.165, 1.54) is 0 Å². The van der Waals surface area contributed by atoms with E-state index in [-0.39, 0.29) is 12.1 Å². The Morgan fingerprint density at radius 3 is 2.88 bits per heavy atom. The van der Waals surface area contributed by atoms with Gasteiger partial charge in [0.15, 0.2) is 0 Å². The molecule has 1 aromatic heterocycles. The fraction of sp³-hybridized carbons (Fsp3) is 0.636. The summed E-state index contributed by atoms with van der Waals surface area (Å²) in [7, 11) is 0. The van der Waals surface area contributed by atoms with Crippen LogP contribution in [0, 0.1) is 6.92 Å². The molecule has 0 bridgehead atoms. The molecule has 1 aromatic rings. The second-order valence-corrected chi connectivity index (χ2v) is 4.20. The summed E-state index contributed by atoms with van der Waals surface area (Å²) in [6.45, 7) is 3.33. The maximum Gasteiger partial charge on any atom is 0.223 e. The zero-order chi connectivity index (χ0) is 11.4. The molecule has 2 heterocycles. The minimum atomic E-state index is -0.327. The molecule has 0 saturated carbocycles. The summed E-state index contributed by atoms with van der Waals surface area (Å²) in [5, 5.41) is 12.7. The average molecular weight is 223 g/mol. The molecule has 0 amide bonds. The first-order valence-electron chi connectivity index (χ1n) is 5.51. The lowest BCUT2D eigenvalue weighted by molar-refractivity contribution is 0.0377. The largest absolute Gasteiger partial charge is 0.394 e. The number of ether oxygens (including phenoxy) is 1. The minimum Gasteiger partial charge on any atom is -0.394 e. The van der Waals surface area contributed by atoms with Crippen molar-refractivity contribution in [2.24, 2.45) is 0 Å². The fourth-order valence-corrected chi connectivity index (χ4v) is 1.83. The van der Waals surface area contributed by atoms with E-state index in [1.807, 2.05) is 13.0 Å². The monoisotopic (exact) mass is 223 g/mol. The molecule has 0 unspecified atom stereocenters. The van der Waals surface area contributed by atoms with E-state index >= 15 is 0 Å². The Kier molecular flexibility index (Phi) is 3.36. The van der Waals surface area contributed by atoms with Crippen molar-refractivity contribution >= 4 is 5.95 Å². The van der Waals surface area contributed by atoms with Crippen LogP contribution in [0.1, 0.15) is 18.5 Å². The fourth-order valence-electron chi connectivity index (χ4n) is 1.83. The molecular weight excluding hydrogens is 206 g/mol. The smallest absolute Gasteiger partial charge is 0.223 e. The number of aromatic nitrogens is 2. The molecule has 1 fully saturated rings. The number of nitrogens with one attached hydrogen (secondary N) is 1. The van der Waals surface area contributed by atoms with Gasteiger partial charge in [0.2, 0.25) is 5.95 Å². The summed E-state index contributed by atoms with van der Waals surface area (Å²) < 4.78 is 5.30. The van der Waals surface area contributed by atoms with Crippen LogP contribution in [0.5, 0.6) is 0 Å². The van der Waals surface area contributed by atoms with E-state index in [0.717, 1.165) is 18.5 Å². The summed E-state index contributed by atoms with van der Waals surface area (Å²) in [6.07, 6.45) is 3.27. The minimum absolute atomic E-state index is 0.0770. The number of rotatable bonds is 3. The van der Waals surface area contributed by atoms with Gasteiger partial charge in [0.1, 0.15) is 0 Å². The molecule has 88 valence electrons. The number of aliphatic hydroxyl groups excluding tert-OH is 1. The first-order chi connectivity index (χ1) is 7.74. The molecule has 2 N–H and O–H groups in total. The number of nitrogens with zero attached hydrogens (tertiary/aromatic N) is 2. The van der Waals surface area contributed by atoms with Crippen LogP contribution in [0.2, 0.25) is 0 Å². The Bertz CT molecular complexity index is 351. The molecule has 0 spiro atoms. The highest BCUT2D eigenvalue weighted by Gasteiger charge is 2.32. The zero-order valence-corrected chi connectivity index (χ0v) is 9.44. The first-order valence-corrected chi connectivity index (χ1v) is 5.51. The van der Waals surface area contributed by atoms with Gasteiger partial charge in [-0.15, -0.1) is 0 Å². The highest BCUT2D eigenvalue weighted by Crippen LogP contribution is 2.23. The number of hydrogen-bond donors (Lipinski definition) is 2. The third-order valence-corrected chi connectivity index (χ3v) is 2.92. The standard InChI is InChI=1S/C11H17N3O2/c1-9-2-5-12-10(13-9)14-11(8-15)3-6-16-7-4-11/h2,5,15H,3-4,6-8H2,1H3,(H,12,13,14). The van der Waals surface area contributed by atoms with Crippen LogP contribution in [0.3, 0.4) is 0 Å². The summed E-state index contributed by atoms with van der Waals surface area (Å²) in [5.41, 5.74) is 0.587. The summed E-state index contributed by atoms with van der Waals surface area (Å²) in [5.74, 6) is 0.580. The number of anilines is 1. The van der Waals surface area contributed by atoms with Gasteiger partial charge in [0, 0.05) is 25.1 Å². The Hall–Kier alpha value is -1.20. The number of hydrogen-bond acceptors (Lipinski definition) is 5. The van der Waals surface area contributed by atoms with Crippen molar-refractivity contribution in [3.63, 3.8) is 0 Å². The van der Waals surface area contributed by atoms with Crippen LogP contribution >= 0.6 is 0 Å². The summed E-state index contributed by atoms with van der Waals surface area (Å²) in [6, 6.07) is 1.85. The lowest BCUT2D eigenvalue weighted by atomic mass is 9.91. The van der Waals surface area contributed by atoms with Crippen molar-refractivity contribution < 1.29 is 9.84 Å². The van der Waals surface area contributed by atoms with Gasteiger partial charge in [0.25, 0.3) is 0 Å². The van der Waals surface area contributed by atoms with Gasteiger partial charge in [-0.1, -0.05) is 0 Å². The Balaban J connectivity index is 2.11. The van der Waals surface area contributed by atoms with Gasteiger partial charge in [-0.3, -0.25) is 0 Å². The van der Waals surface area contributed by atoms with Crippen LogP contribution < -0.4 is 5.32 Å². The van der Waals surface area contributed by atoms with E-state index in [1.54, 1.807) is 6.20 Å². The highest BCUT2D eigenvalue weighted by molar-refractivity contribution is 5.30. The molecular formula is C11H17N3O2. The van der Waals surface area contributed by atoms with Crippen molar-refractivity contribution in [3.8, 4) is 0 Å². The van der Waals surface area contributed by atoms with Crippen LogP contribution in [0.15, 0.2) is 12.3 Å². The predicted octanol–water partition coefficient (Wildman–Crippen LogP) is 0.738. The molecule has 2 rings (SSSR count). The van der Waals surface area contributed by atoms with Crippen LogP contribution in [0.4, 0.5) is 5.95 Å². The maximum atomic E-state index is 9.50. The van der Waals surface area contributed by atoms with E-state index < -0.39 is 0 Å². The lowest BCUT2D eigenvalue weighted by Gasteiger charge is -2.36. The van der Waals surface area contributed by atoms with E-state index in [0.29, 0.717) is 19.2 Å². The van der Waals surface area contributed by atoms with E-state index in [9.17, 15) is 5.11 Å². The van der Waals surface area contributed by atoms with Gasteiger partial charge < -0.3 is 15.2 Å². The van der Waals surface area contributed by atoms with Gasteiger partial charge in [0.05, 0.1) is 12.1 Å². The van der Waals surface area contributed by atoms with E-state index in [4.69, 9.17) is 4.74 Å².